The van der Waals surface area contributed by atoms with Gasteiger partial charge in [0.15, 0.2) is 0 Å². The van der Waals surface area contributed by atoms with Crippen molar-refractivity contribution in [2.75, 3.05) is 25.4 Å². The second-order valence-corrected chi connectivity index (χ2v) is 9.68. The Morgan fingerprint density at radius 1 is 1.11 bits per heavy atom. The van der Waals surface area contributed by atoms with Crippen LogP contribution in [0.5, 0.6) is 5.75 Å². The number of nitrogens with zero attached hydrogens (tertiary/aromatic N) is 3. The van der Waals surface area contributed by atoms with Gasteiger partial charge in [-0.1, -0.05) is 11.6 Å². The molecule has 3 N–H and O–H groups in total. The van der Waals surface area contributed by atoms with Crippen molar-refractivity contribution in [2.24, 2.45) is 0 Å². The van der Waals surface area contributed by atoms with Crippen LogP contribution in [0.4, 0.5) is 5.82 Å². The van der Waals surface area contributed by atoms with Crippen LogP contribution in [0.2, 0.25) is 5.02 Å². The van der Waals surface area contributed by atoms with Gasteiger partial charge >= 0.3 is 0 Å². The summed E-state index contributed by atoms with van der Waals surface area (Å²) >= 11 is 6.54. The number of hydrogen-bond donors (Lipinski definition) is 2. The van der Waals surface area contributed by atoms with Crippen LogP contribution in [-0.2, 0) is 11.2 Å². The van der Waals surface area contributed by atoms with Crippen LogP contribution in [0, 0.1) is 0 Å². The highest BCUT2D eigenvalue weighted by molar-refractivity contribution is 6.32. The van der Waals surface area contributed by atoms with Gasteiger partial charge in [0.25, 0.3) is 5.91 Å². The normalized spacial score (nSPS) is 16.9. The van der Waals surface area contributed by atoms with Gasteiger partial charge in [-0.2, -0.15) is 0 Å². The largest absolute Gasteiger partial charge is 0.486 e. The van der Waals surface area contributed by atoms with Crippen molar-refractivity contribution < 1.29 is 14.3 Å². The Morgan fingerprint density at radius 2 is 1.95 bits per heavy atom. The molecule has 1 aromatic carbocycles. The van der Waals surface area contributed by atoms with Gasteiger partial charge in [-0.05, 0) is 67.3 Å². The Labute approximate surface area is 220 Å². The standard InChI is InChI=1S/C28H28ClN5O3/c29-23-14-20(24-7-6-19(16-31-24)28(36)34-10-2-1-3-11-34)12-21-13-22(37-27(21)23)17-33-26(35)9-5-18-4-8-25(30)32-15-18/h4-9,12,14-16,22H,1-3,10-11,13,17H2,(H2,30,32)(H,33,35). The summed E-state index contributed by atoms with van der Waals surface area (Å²) in [5.41, 5.74) is 9.51. The lowest BCUT2D eigenvalue weighted by molar-refractivity contribution is -0.116. The summed E-state index contributed by atoms with van der Waals surface area (Å²) in [6.45, 7) is 1.95. The number of rotatable bonds is 6. The highest BCUT2D eigenvalue weighted by Crippen LogP contribution is 2.39. The fourth-order valence-electron chi connectivity index (χ4n) is 4.58. The number of aromatic nitrogens is 2. The SMILES string of the molecule is Nc1ccc(C=CC(=O)NCC2Cc3cc(-c4ccc(C(=O)N5CCCCC5)cn4)cc(Cl)c3O2)cn1. The van der Waals surface area contributed by atoms with E-state index in [0.29, 0.717) is 35.1 Å². The zero-order valence-corrected chi connectivity index (χ0v) is 21.1. The molecule has 2 aromatic heterocycles. The van der Waals surface area contributed by atoms with Crippen LogP contribution in [0.15, 0.2) is 54.9 Å². The quantitative estimate of drug-likeness (QED) is 0.475. The van der Waals surface area contributed by atoms with E-state index in [9.17, 15) is 9.59 Å². The number of piperidine rings is 1. The molecule has 3 aromatic rings. The predicted octanol–water partition coefficient (Wildman–Crippen LogP) is 4.14. The van der Waals surface area contributed by atoms with E-state index in [2.05, 4.69) is 15.3 Å². The van der Waals surface area contributed by atoms with E-state index in [1.165, 1.54) is 12.5 Å². The Kier molecular flexibility index (Phi) is 7.37. The maximum Gasteiger partial charge on any atom is 0.255 e. The highest BCUT2D eigenvalue weighted by Gasteiger charge is 2.26. The van der Waals surface area contributed by atoms with Crippen molar-refractivity contribution in [1.29, 1.82) is 0 Å². The number of ether oxygens (including phenoxy) is 1. The molecule has 0 spiro atoms. The van der Waals surface area contributed by atoms with Gasteiger partial charge in [-0.3, -0.25) is 14.6 Å². The number of carbonyl (C=O) groups is 2. The molecule has 1 saturated heterocycles. The van der Waals surface area contributed by atoms with Crippen molar-refractivity contribution >= 4 is 35.3 Å². The summed E-state index contributed by atoms with van der Waals surface area (Å²) in [4.78, 5) is 35.4. The molecule has 0 saturated carbocycles. The Bertz CT molecular complexity index is 1320. The second-order valence-electron chi connectivity index (χ2n) is 9.27. The molecule has 1 fully saturated rings. The molecular formula is C28H28ClN5O3. The minimum absolute atomic E-state index is 0.0315. The average molecular weight is 518 g/mol. The lowest BCUT2D eigenvalue weighted by Gasteiger charge is -2.26. The van der Waals surface area contributed by atoms with Gasteiger partial charge in [-0.15, -0.1) is 0 Å². The minimum atomic E-state index is -0.230. The van der Waals surface area contributed by atoms with E-state index in [1.807, 2.05) is 29.2 Å². The van der Waals surface area contributed by atoms with Gasteiger partial charge < -0.3 is 20.7 Å². The monoisotopic (exact) mass is 517 g/mol. The van der Waals surface area contributed by atoms with E-state index in [1.54, 1.807) is 30.6 Å². The Hall–Kier alpha value is -3.91. The van der Waals surface area contributed by atoms with Crippen molar-refractivity contribution in [1.82, 2.24) is 20.2 Å². The first-order valence-corrected chi connectivity index (χ1v) is 12.8. The second kappa shape index (κ2) is 11.0. The molecular weight excluding hydrogens is 490 g/mol. The maximum absolute atomic E-state index is 12.7. The summed E-state index contributed by atoms with van der Waals surface area (Å²) in [6.07, 6.45) is 10.0. The van der Waals surface area contributed by atoms with Crippen LogP contribution < -0.4 is 15.8 Å². The van der Waals surface area contributed by atoms with Crippen molar-refractivity contribution in [3.05, 3.63) is 76.6 Å². The molecule has 8 nitrogen and oxygen atoms in total. The van der Waals surface area contributed by atoms with Crippen LogP contribution in [0.25, 0.3) is 17.3 Å². The summed E-state index contributed by atoms with van der Waals surface area (Å²) in [5.74, 6) is 0.859. The molecule has 1 unspecified atom stereocenters. The van der Waals surface area contributed by atoms with Gasteiger partial charge in [-0.25, -0.2) is 4.98 Å². The minimum Gasteiger partial charge on any atom is -0.486 e. The third-order valence-corrected chi connectivity index (χ3v) is 6.82. The number of benzene rings is 1. The third kappa shape index (κ3) is 5.91. The van der Waals surface area contributed by atoms with E-state index in [0.717, 1.165) is 48.3 Å². The number of carbonyl (C=O) groups excluding carboxylic acids is 2. The fourth-order valence-corrected chi connectivity index (χ4v) is 4.86. The molecule has 4 heterocycles. The zero-order valence-electron chi connectivity index (χ0n) is 20.3. The molecule has 9 heteroatoms. The van der Waals surface area contributed by atoms with Crippen LogP contribution in [-0.4, -0.2) is 52.4 Å². The topological polar surface area (TPSA) is 110 Å². The molecule has 2 aliphatic rings. The number of nitrogen functional groups attached to an aromatic ring is 1. The number of likely N-dealkylation sites (tertiary alicyclic amines) is 1. The van der Waals surface area contributed by atoms with Crippen LogP contribution >= 0.6 is 11.6 Å². The molecule has 2 aliphatic heterocycles. The highest BCUT2D eigenvalue weighted by atomic mass is 35.5. The molecule has 37 heavy (non-hydrogen) atoms. The summed E-state index contributed by atoms with van der Waals surface area (Å²) in [5, 5.41) is 3.36. The first kappa shape index (κ1) is 24.8. The first-order valence-electron chi connectivity index (χ1n) is 12.4. The summed E-state index contributed by atoms with van der Waals surface area (Å²) in [6, 6.07) is 11.0. The van der Waals surface area contributed by atoms with E-state index in [4.69, 9.17) is 22.1 Å². The smallest absolute Gasteiger partial charge is 0.255 e. The van der Waals surface area contributed by atoms with Gasteiger partial charge in [0.1, 0.15) is 17.7 Å². The van der Waals surface area contributed by atoms with E-state index in [-0.39, 0.29) is 17.9 Å². The molecule has 190 valence electrons. The predicted molar refractivity (Wildman–Crippen MR) is 143 cm³/mol. The number of anilines is 1. The van der Waals surface area contributed by atoms with Crippen LogP contribution in [0.3, 0.4) is 0 Å². The first-order chi connectivity index (χ1) is 18.0. The molecule has 0 radical (unpaired) electrons. The Balaban J connectivity index is 1.19. The third-order valence-electron chi connectivity index (χ3n) is 6.54. The fraction of sp³-hybridized carbons (Fsp3) is 0.286. The lowest BCUT2D eigenvalue weighted by Crippen LogP contribution is -2.35. The summed E-state index contributed by atoms with van der Waals surface area (Å²) < 4.78 is 6.01. The molecule has 0 bridgehead atoms. The number of amides is 2. The molecule has 0 aliphatic carbocycles. The lowest BCUT2D eigenvalue weighted by atomic mass is 10.0. The van der Waals surface area contributed by atoms with Crippen LogP contribution in [0.1, 0.15) is 40.7 Å². The van der Waals surface area contributed by atoms with E-state index < -0.39 is 0 Å². The van der Waals surface area contributed by atoms with Gasteiger partial charge in [0, 0.05) is 49.1 Å². The number of pyridine rings is 2. The number of halogens is 1. The number of hydrogen-bond acceptors (Lipinski definition) is 6. The summed E-state index contributed by atoms with van der Waals surface area (Å²) in [7, 11) is 0. The molecule has 1 atom stereocenters. The van der Waals surface area contributed by atoms with Crippen molar-refractivity contribution in [3.63, 3.8) is 0 Å². The van der Waals surface area contributed by atoms with Crippen molar-refractivity contribution in [3.8, 4) is 17.0 Å². The zero-order chi connectivity index (χ0) is 25.8. The number of nitrogens with one attached hydrogen (secondary N) is 1. The average Bonchev–Trinajstić information content (AvgIpc) is 3.35. The van der Waals surface area contributed by atoms with Gasteiger partial charge in [0.2, 0.25) is 5.91 Å². The van der Waals surface area contributed by atoms with Gasteiger partial charge in [0.05, 0.1) is 22.8 Å². The number of fused-ring (bicyclic) bond motifs is 1. The van der Waals surface area contributed by atoms with Crippen molar-refractivity contribution in [2.45, 2.75) is 31.8 Å². The number of nitrogens with two attached hydrogens (primary N) is 1. The molecule has 2 amide bonds. The maximum atomic E-state index is 12.7. The Morgan fingerprint density at radius 3 is 2.68 bits per heavy atom. The molecule has 5 rings (SSSR count). The van der Waals surface area contributed by atoms with E-state index >= 15 is 0 Å².